The maximum atomic E-state index is 13.1. The van der Waals surface area contributed by atoms with Crippen molar-refractivity contribution in [3.8, 4) is 11.1 Å². The lowest BCUT2D eigenvalue weighted by Gasteiger charge is -2.29. The molecule has 2 amide bonds. The van der Waals surface area contributed by atoms with Gasteiger partial charge >= 0.3 is 12.1 Å². The molecule has 2 atom stereocenters. The number of benzene rings is 2. The lowest BCUT2D eigenvalue weighted by molar-refractivity contribution is -0.151. The van der Waals surface area contributed by atoms with Crippen molar-refractivity contribution in [3.63, 3.8) is 0 Å². The zero-order valence-electron chi connectivity index (χ0n) is 19.9. The minimum absolute atomic E-state index is 0.0604. The Morgan fingerprint density at radius 3 is 2.18 bits per heavy atom. The van der Waals surface area contributed by atoms with E-state index in [1.54, 1.807) is 4.90 Å². The summed E-state index contributed by atoms with van der Waals surface area (Å²) in [6.45, 7) is 6.25. The molecular weight excluding hydrogens is 432 g/mol. The summed E-state index contributed by atoms with van der Waals surface area (Å²) < 4.78 is 5.59. The van der Waals surface area contributed by atoms with Crippen LogP contribution in [0, 0.1) is 11.3 Å². The third-order valence-corrected chi connectivity index (χ3v) is 7.49. The van der Waals surface area contributed by atoms with Crippen LogP contribution in [0.4, 0.5) is 4.79 Å². The number of ether oxygens (including phenoxy) is 1. The van der Waals surface area contributed by atoms with Crippen LogP contribution in [0.3, 0.4) is 0 Å². The number of aliphatic carboxylic acids is 1. The fourth-order valence-corrected chi connectivity index (χ4v) is 5.26. The Morgan fingerprint density at radius 1 is 1.09 bits per heavy atom. The summed E-state index contributed by atoms with van der Waals surface area (Å²) in [5.41, 5.74) is 3.59. The third-order valence-electron chi connectivity index (χ3n) is 7.49. The molecule has 0 saturated carbocycles. The molecule has 2 N–H and O–H groups in total. The second kappa shape index (κ2) is 9.49. The van der Waals surface area contributed by atoms with Crippen molar-refractivity contribution < 1.29 is 24.2 Å². The quantitative estimate of drug-likeness (QED) is 0.638. The van der Waals surface area contributed by atoms with E-state index in [1.807, 2.05) is 45.0 Å². The Bertz CT molecular complexity index is 1050. The lowest BCUT2D eigenvalue weighted by atomic mass is 9.76. The predicted molar refractivity (Wildman–Crippen MR) is 128 cm³/mol. The lowest BCUT2D eigenvalue weighted by Crippen LogP contribution is -2.49. The van der Waals surface area contributed by atoms with Crippen LogP contribution in [0.5, 0.6) is 0 Å². The fraction of sp³-hybridized carbons (Fsp3) is 0.444. The number of alkyl carbamates (subject to hydrolysis) is 1. The maximum Gasteiger partial charge on any atom is 0.407 e. The first-order valence-corrected chi connectivity index (χ1v) is 11.9. The normalized spacial score (nSPS) is 20.1. The van der Waals surface area contributed by atoms with Gasteiger partial charge in [-0.05, 0) is 41.0 Å². The van der Waals surface area contributed by atoms with E-state index in [4.69, 9.17) is 4.74 Å². The average Bonchev–Trinajstić information content (AvgIpc) is 3.42. The van der Waals surface area contributed by atoms with Crippen molar-refractivity contribution in [1.82, 2.24) is 10.2 Å². The minimum atomic E-state index is -0.947. The molecule has 0 aromatic heterocycles. The van der Waals surface area contributed by atoms with E-state index in [2.05, 4.69) is 29.6 Å². The van der Waals surface area contributed by atoms with Crippen LogP contribution in [-0.4, -0.2) is 53.7 Å². The van der Waals surface area contributed by atoms with Crippen LogP contribution < -0.4 is 5.32 Å². The van der Waals surface area contributed by atoms with Gasteiger partial charge in [0.15, 0.2) is 0 Å². The molecule has 2 unspecified atom stereocenters. The third kappa shape index (κ3) is 4.15. The summed E-state index contributed by atoms with van der Waals surface area (Å²) in [4.78, 5) is 39.2. The standard InChI is InChI=1S/C27H32N2O5/c1-4-23(24(30)29-14-13-27(16-29,17(2)3)25(31)32)28-26(33)34-15-22-20-11-7-5-9-18(20)19-10-6-8-12-21(19)22/h5-12,17,22-23H,4,13-16H2,1-3H3,(H,28,33)(H,31,32). The van der Waals surface area contributed by atoms with Crippen molar-refractivity contribution in [1.29, 1.82) is 0 Å². The molecule has 7 nitrogen and oxygen atoms in total. The highest BCUT2D eigenvalue weighted by Crippen LogP contribution is 2.44. The van der Waals surface area contributed by atoms with E-state index < -0.39 is 23.5 Å². The Hall–Kier alpha value is -3.35. The molecule has 2 aromatic carbocycles. The van der Waals surface area contributed by atoms with Crippen LogP contribution in [0.15, 0.2) is 48.5 Å². The molecule has 1 saturated heterocycles. The van der Waals surface area contributed by atoms with Gasteiger partial charge in [-0.2, -0.15) is 0 Å². The smallest absolute Gasteiger partial charge is 0.407 e. The molecule has 1 heterocycles. The number of carboxylic acids is 1. The zero-order valence-corrected chi connectivity index (χ0v) is 19.9. The van der Waals surface area contributed by atoms with Gasteiger partial charge in [0, 0.05) is 19.0 Å². The first-order chi connectivity index (χ1) is 16.3. The van der Waals surface area contributed by atoms with Gasteiger partial charge in [0.2, 0.25) is 5.91 Å². The van der Waals surface area contributed by atoms with E-state index in [1.165, 1.54) is 0 Å². The van der Waals surface area contributed by atoms with Crippen molar-refractivity contribution in [2.24, 2.45) is 11.3 Å². The second-order valence-corrected chi connectivity index (χ2v) is 9.56. The molecule has 180 valence electrons. The number of likely N-dealkylation sites (tertiary alicyclic amines) is 1. The molecule has 1 fully saturated rings. The van der Waals surface area contributed by atoms with E-state index >= 15 is 0 Å². The molecule has 34 heavy (non-hydrogen) atoms. The highest BCUT2D eigenvalue weighted by atomic mass is 16.5. The van der Waals surface area contributed by atoms with Gasteiger partial charge in [-0.3, -0.25) is 9.59 Å². The number of hydrogen-bond acceptors (Lipinski definition) is 4. The van der Waals surface area contributed by atoms with Crippen LogP contribution >= 0.6 is 0 Å². The van der Waals surface area contributed by atoms with Gasteiger partial charge < -0.3 is 20.1 Å². The predicted octanol–water partition coefficient (Wildman–Crippen LogP) is 4.26. The number of rotatable bonds is 7. The average molecular weight is 465 g/mol. The van der Waals surface area contributed by atoms with Gasteiger partial charge in [-0.1, -0.05) is 69.3 Å². The number of hydrogen-bond donors (Lipinski definition) is 2. The number of carboxylic acid groups (broad SMARTS) is 1. The summed E-state index contributed by atoms with van der Waals surface area (Å²) >= 11 is 0. The number of nitrogens with zero attached hydrogens (tertiary/aromatic N) is 1. The second-order valence-electron chi connectivity index (χ2n) is 9.56. The molecule has 0 radical (unpaired) electrons. The van der Waals surface area contributed by atoms with E-state index in [-0.39, 0.29) is 30.9 Å². The van der Waals surface area contributed by atoms with Gasteiger partial charge in [0.1, 0.15) is 12.6 Å². The first-order valence-electron chi connectivity index (χ1n) is 11.9. The van der Waals surface area contributed by atoms with E-state index in [9.17, 15) is 19.5 Å². The number of carbonyl (C=O) groups is 3. The molecule has 7 heteroatoms. The SMILES string of the molecule is CCC(NC(=O)OCC1c2ccccc2-c2ccccc21)C(=O)N1CCC(C(=O)O)(C(C)C)C1. The van der Waals surface area contributed by atoms with Gasteiger partial charge in [0.25, 0.3) is 0 Å². The minimum Gasteiger partial charge on any atom is -0.481 e. The summed E-state index contributed by atoms with van der Waals surface area (Å²) in [5.74, 6) is -1.30. The Kier molecular flexibility index (Phi) is 6.64. The van der Waals surface area contributed by atoms with Crippen LogP contribution in [0.2, 0.25) is 0 Å². The van der Waals surface area contributed by atoms with Crippen molar-refractivity contribution in [3.05, 3.63) is 59.7 Å². The van der Waals surface area contributed by atoms with Crippen molar-refractivity contribution in [2.45, 2.75) is 45.6 Å². The Labute approximate surface area is 200 Å². The fourth-order valence-electron chi connectivity index (χ4n) is 5.26. The number of amides is 2. The van der Waals surface area contributed by atoms with Crippen molar-refractivity contribution in [2.75, 3.05) is 19.7 Å². The van der Waals surface area contributed by atoms with Gasteiger partial charge in [-0.25, -0.2) is 4.79 Å². The van der Waals surface area contributed by atoms with Crippen molar-refractivity contribution >= 4 is 18.0 Å². The van der Waals surface area contributed by atoms with E-state index in [0.29, 0.717) is 19.4 Å². The summed E-state index contributed by atoms with van der Waals surface area (Å²) in [6.07, 6.45) is 0.156. The van der Waals surface area contributed by atoms with Crippen LogP contribution in [0.25, 0.3) is 11.1 Å². The summed E-state index contributed by atoms with van der Waals surface area (Å²) in [7, 11) is 0. The highest BCUT2D eigenvalue weighted by molar-refractivity contribution is 5.87. The number of fused-ring (bicyclic) bond motifs is 3. The van der Waals surface area contributed by atoms with E-state index in [0.717, 1.165) is 22.3 Å². The topological polar surface area (TPSA) is 95.9 Å². The maximum absolute atomic E-state index is 13.1. The zero-order chi connectivity index (χ0) is 24.5. The van der Waals surface area contributed by atoms with Crippen LogP contribution in [0.1, 0.15) is 50.7 Å². The molecular formula is C27H32N2O5. The number of carbonyl (C=O) groups excluding carboxylic acids is 2. The molecule has 0 bridgehead atoms. The molecule has 2 aromatic rings. The molecule has 4 rings (SSSR count). The molecule has 2 aliphatic rings. The van der Waals surface area contributed by atoms with Crippen LogP contribution in [-0.2, 0) is 14.3 Å². The highest BCUT2D eigenvalue weighted by Gasteiger charge is 2.49. The monoisotopic (exact) mass is 464 g/mol. The van der Waals surface area contributed by atoms with Gasteiger partial charge in [-0.15, -0.1) is 0 Å². The molecule has 1 aliphatic carbocycles. The molecule has 0 spiro atoms. The summed E-state index contributed by atoms with van der Waals surface area (Å²) in [6, 6.07) is 15.5. The first kappa shape index (κ1) is 23.8. The number of nitrogens with one attached hydrogen (secondary N) is 1. The Morgan fingerprint density at radius 2 is 1.68 bits per heavy atom. The summed E-state index contributed by atoms with van der Waals surface area (Å²) in [5, 5.41) is 12.5. The molecule has 1 aliphatic heterocycles. The Balaban J connectivity index is 1.39. The largest absolute Gasteiger partial charge is 0.481 e. The van der Waals surface area contributed by atoms with Gasteiger partial charge in [0.05, 0.1) is 5.41 Å².